The van der Waals surface area contributed by atoms with E-state index >= 15 is 0 Å². The van der Waals surface area contributed by atoms with Crippen LogP contribution in [0.5, 0.6) is 0 Å². The minimum absolute atomic E-state index is 0.0635. The molecule has 0 saturated heterocycles. The summed E-state index contributed by atoms with van der Waals surface area (Å²) in [5.41, 5.74) is 0. The highest BCUT2D eigenvalue weighted by atomic mass is 16.5. The summed E-state index contributed by atoms with van der Waals surface area (Å²) in [4.78, 5) is 26.3. The third-order valence-electron chi connectivity index (χ3n) is 13.5. The Kier molecular flexibility index (Phi) is 52.5. The summed E-state index contributed by atoms with van der Waals surface area (Å²) in [5, 5.41) is 23.9. The number of rotatable bonds is 53. The molecule has 3 unspecified atom stereocenters. The van der Waals surface area contributed by atoms with E-state index in [1.807, 2.05) is 0 Å². The van der Waals surface area contributed by atoms with E-state index in [1.165, 1.54) is 180 Å². The molecule has 0 aliphatic carbocycles. The lowest BCUT2D eigenvalue weighted by Gasteiger charge is -2.24. The molecule has 0 aromatic carbocycles. The van der Waals surface area contributed by atoms with Gasteiger partial charge in [-0.1, -0.05) is 256 Å². The molecule has 0 aromatic heterocycles. The number of hydrogen-bond acceptors (Lipinski definition) is 5. The first-order valence-electron chi connectivity index (χ1n) is 29.2. The number of nitrogens with one attached hydrogen (secondary N) is 1. The number of allylic oxidation sites excluding steroid dienone is 6. The molecule has 3 atom stereocenters. The van der Waals surface area contributed by atoms with Crippen LogP contribution < -0.4 is 5.32 Å². The first-order valence-corrected chi connectivity index (χ1v) is 29.2. The van der Waals surface area contributed by atoms with Crippen LogP contribution in [-0.4, -0.2) is 46.9 Å². The van der Waals surface area contributed by atoms with Crippen LogP contribution in [0.1, 0.15) is 310 Å². The zero-order valence-corrected chi connectivity index (χ0v) is 44.3. The van der Waals surface area contributed by atoms with Crippen molar-refractivity contribution in [2.24, 2.45) is 0 Å². The second kappa shape index (κ2) is 54.0. The summed E-state index contributed by atoms with van der Waals surface area (Å²) in [6.45, 7) is 6.48. The smallest absolute Gasteiger partial charge is 0.306 e. The van der Waals surface area contributed by atoms with Crippen molar-refractivity contribution in [1.29, 1.82) is 0 Å². The van der Waals surface area contributed by atoms with Gasteiger partial charge < -0.3 is 20.3 Å². The second-order valence-electron chi connectivity index (χ2n) is 20.1. The van der Waals surface area contributed by atoms with Crippen LogP contribution in [0.2, 0.25) is 0 Å². The van der Waals surface area contributed by atoms with Crippen LogP contribution in [0.25, 0.3) is 0 Å². The maximum Gasteiger partial charge on any atom is 0.306 e. The number of carbonyl (C=O) groups excluding carboxylic acids is 2. The van der Waals surface area contributed by atoms with Gasteiger partial charge in [-0.15, -0.1) is 0 Å². The zero-order valence-electron chi connectivity index (χ0n) is 44.3. The predicted octanol–water partition coefficient (Wildman–Crippen LogP) is 18.0. The molecule has 388 valence electrons. The van der Waals surface area contributed by atoms with Crippen molar-refractivity contribution >= 4 is 11.9 Å². The van der Waals surface area contributed by atoms with Crippen LogP contribution in [0.3, 0.4) is 0 Å². The standard InChI is InChI=1S/C60H113NO5/c1-4-7-10-13-16-19-22-25-27-29-30-32-35-38-41-44-47-50-53-60(65)66-56(51-48-45-42-39-36-33-24-21-18-15-12-9-6-3)54-59(64)61-57(55-62)58(63)52-49-46-43-40-37-34-31-28-26-23-20-17-14-11-8-5-2/h18,21,24,30,32-33,56-58,62-63H,4-17,19-20,22-23,25-29,31,34-55H2,1-3H3,(H,61,64)/b21-18+,32-30+,33-24+. The van der Waals surface area contributed by atoms with Crippen LogP contribution in [0.4, 0.5) is 0 Å². The third kappa shape index (κ3) is 48.5. The summed E-state index contributed by atoms with van der Waals surface area (Å²) in [5.74, 6) is -0.490. The molecule has 0 aliphatic heterocycles. The highest BCUT2D eigenvalue weighted by Crippen LogP contribution is 2.18. The Balaban J connectivity index is 4.52. The molecule has 6 heteroatoms. The molecule has 0 fully saturated rings. The van der Waals surface area contributed by atoms with E-state index in [-0.39, 0.29) is 24.9 Å². The Morgan fingerprint density at radius 1 is 0.439 bits per heavy atom. The van der Waals surface area contributed by atoms with Crippen molar-refractivity contribution in [1.82, 2.24) is 5.32 Å². The van der Waals surface area contributed by atoms with Crippen molar-refractivity contribution < 1.29 is 24.5 Å². The van der Waals surface area contributed by atoms with E-state index in [0.29, 0.717) is 19.3 Å². The normalized spacial score (nSPS) is 13.3. The number of unbranched alkanes of at least 4 members (excludes halogenated alkanes) is 36. The fourth-order valence-electron chi connectivity index (χ4n) is 9.01. The molecular formula is C60H113NO5. The number of aliphatic hydroxyl groups is 2. The minimum Gasteiger partial charge on any atom is -0.462 e. The van der Waals surface area contributed by atoms with Crippen molar-refractivity contribution in [2.75, 3.05) is 6.61 Å². The summed E-state index contributed by atoms with van der Waals surface area (Å²) in [6, 6.07) is -0.709. The van der Waals surface area contributed by atoms with Crippen LogP contribution in [0.15, 0.2) is 36.5 Å². The Hall–Kier alpha value is -1.92. The van der Waals surface area contributed by atoms with Gasteiger partial charge in [-0.2, -0.15) is 0 Å². The lowest BCUT2D eigenvalue weighted by molar-refractivity contribution is -0.151. The SMILES string of the molecule is CCCCC/C=C/C=C/CCCCCCC(CC(=O)NC(CO)C(O)CCCCCCCCCCCCCCCCCC)OC(=O)CCCCCCC/C=C/CCCCCCCCCCC. The lowest BCUT2D eigenvalue weighted by Crippen LogP contribution is -2.46. The quantitative estimate of drug-likeness (QED) is 0.0244. The number of esters is 1. The Labute approximate surface area is 411 Å². The molecule has 0 saturated carbocycles. The fraction of sp³-hybridized carbons (Fsp3) is 0.867. The molecule has 6 nitrogen and oxygen atoms in total. The zero-order chi connectivity index (χ0) is 48.1. The number of amides is 1. The monoisotopic (exact) mass is 928 g/mol. The maximum atomic E-state index is 13.3. The number of ether oxygens (including phenoxy) is 1. The van der Waals surface area contributed by atoms with Crippen molar-refractivity contribution in [2.45, 2.75) is 328 Å². The van der Waals surface area contributed by atoms with E-state index in [1.54, 1.807) is 0 Å². The molecule has 0 spiro atoms. The van der Waals surface area contributed by atoms with E-state index in [0.717, 1.165) is 83.5 Å². The average molecular weight is 929 g/mol. The molecule has 0 bridgehead atoms. The summed E-state index contributed by atoms with van der Waals surface area (Å²) in [6.07, 6.45) is 65.0. The van der Waals surface area contributed by atoms with E-state index in [9.17, 15) is 19.8 Å². The van der Waals surface area contributed by atoms with Crippen LogP contribution >= 0.6 is 0 Å². The third-order valence-corrected chi connectivity index (χ3v) is 13.5. The summed E-state index contributed by atoms with van der Waals surface area (Å²) >= 11 is 0. The first kappa shape index (κ1) is 64.1. The average Bonchev–Trinajstić information content (AvgIpc) is 3.31. The number of carbonyl (C=O) groups is 2. The van der Waals surface area contributed by atoms with Gasteiger partial charge in [0.15, 0.2) is 0 Å². The Morgan fingerprint density at radius 2 is 0.773 bits per heavy atom. The second-order valence-corrected chi connectivity index (χ2v) is 20.1. The Morgan fingerprint density at radius 3 is 1.20 bits per heavy atom. The van der Waals surface area contributed by atoms with Crippen LogP contribution in [0, 0.1) is 0 Å². The van der Waals surface area contributed by atoms with Crippen molar-refractivity contribution in [3.63, 3.8) is 0 Å². The van der Waals surface area contributed by atoms with E-state index in [4.69, 9.17) is 4.74 Å². The highest BCUT2D eigenvalue weighted by Gasteiger charge is 2.24. The van der Waals surface area contributed by atoms with Gasteiger partial charge in [0.2, 0.25) is 5.91 Å². The molecule has 0 heterocycles. The minimum atomic E-state index is -0.794. The van der Waals surface area contributed by atoms with Gasteiger partial charge in [0, 0.05) is 6.42 Å². The van der Waals surface area contributed by atoms with Gasteiger partial charge in [0.05, 0.1) is 25.2 Å². The number of hydrogen-bond donors (Lipinski definition) is 3. The molecule has 0 rings (SSSR count). The summed E-state index contributed by atoms with van der Waals surface area (Å²) in [7, 11) is 0. The van der Waals surface area contributed by atoms with Gasteiger partial charge in [0.1, 0.15) is 6.10 Å². The largest absolute Gasteiger partial charge is 0.462 e. The topological polar surface area (TPSA) is 95.9 Å². The van der Waals surface area contributed by atoms with Gasteiger partial charge in [-0.05, 0) is 77.0 Å². The van der Waals surface area contributed by atoms with Gasteiger partial charge >= 0.3 is 5.97 Å². The van der Waals surface area contributed by atoms with E-state index in [2.05, 4.69) is 62.5 Å². The van der Waals surface area contributed by atoms with E-state index < -0.39 is 18.2 Å². The van der Waals surface area contributed by atoms with Gasteiger partial charge in [-0.25, -0.2) is 0 Å². The number of aliphatic hydroxyl groups excluding tert-OH is 2. The fourth-order valence-corrected chi connectivity index (χ4v) is 9.01. The molecule has 0 aromatic rings. The van der Waals surface area contributed by atoms with Crippen molar-refractivity contribution in [3.8, 4) is 0 Å². The lowest BCUT2D eigenvalue weighted by atomic mass is 10.0. The van der Waals surface area contributed by atoms with Crippen LogP contribution in [-0.2, 0) is 14.3 Å². The first-order chi connectivity index (χ1) is 32.5. The molecular weight excluding hydrogens is 815 g/mol. The van der Waals surface area contributed by atoms with Gasteiger partial charge in [0.25, 0.3) is 0 Å². The van der Waals surface area contributed by atoms with Crippen molar-refractivity contribution in [3.05, 3.63) is 36.5 Å². The molecule has 66 heavy (non-hydrogen) atoms. The molecule has 1 amide bonds. The molecule has 0 aliphatic rings. The summed E-state index contributed by atoms with van der Waals surface area (Å²) < 4.78 is 5.95. The highest BCUT2D eigenvalue weighted by molar-refractivity contribution is 5.77. The molecule has 0 radical (unpaired) electrons. The predicted molar refractivity (Wildman–Crippen MR) is 287 cm³/mol. The molecule has 3 N–H and O–H groups in total. The van der Waals surface area contributed by atoms with Gasteiger partial charge in [-0.3, -0.25) is 9.59 Å². The Bertz CT molecular complexity index is 1090. The maximum absolute atomic E-state index is 13.3.